The summed E-state index contributed by atoms with van der Waals surface area (Å²) < 4.78 is 36.0. The Morgan fingerprint density at radius 3 is 2.55 bits per heavy atom. The number of carbonyl (C=O) groups is 1. The largest absolute Gasteiger partial charge is 0.455 e. The lowest BCUT2D eigenvalue weighted by Crippen LogP contribution is -2.51. The number of anilines is 1. The number of amides is 1. The van der Waals surface area contributed by atoms with Crippen molar-refractivity contribution in [3.05, 3.63) is 124 Å². The molecule has 4 N–H and O–H groups in total. The van der Waals surface area contributed by atoms with Crippen LogP contribution in [0.1, 0.15) is 129 Å². The number of ether oxygens (including phenoxy) is 1. The summed E-state index contributed by atoms with van der Waals surface area (Å²) in [6.45, 7) is 3.42. The fraction of sp³-hybridized carbons (Fsp3) is 0.440. The van der Waals surface area contributed by atoms with Gasteiger partial charge in [-0.2, -0.15) is 0 Å². The van der Waals surface area contributed by atoms with Gasteiger partial charge in [0.2, 0.25) is 0 Å². The summed E-state index contributed by atoms with van der Waals surface area (Å²) in [6.07, 6.45) is 18.9. The summed E-state index contributed by atoms with van der Waals surface area (Å²) >= 11 is 0. The van der Waals surface area contributed by atoms with E-state index in [9.17, 15) is 28.4 Å². The number of aromatic amines is 1. The molecule has 14 heteroatoms. The third-order valence-corrected chi connectivity index (χ3v) is 16.2. The third-order valence-electron chi connectivity index (χ3n) is 14.8. The van der Waals surface area contributed by atoms with Gasteiger partial charge in [0.25, 0.3) is 21.6 Å². The number of carbonyl (C=O) groups excluding carboxylic acids is 1. The number of allylic oxidation sites excluding steroid dienone is 2. The molecule has 10 rings (SSSR count). The molecule has 1 spiro atoms. The van der Waals surface area contributed by atoms with E-state index in [1.165, 1.54) is 57.2 Å². The maximum absolute atomic E-state index is 14.0. The van der Waals surface area contributed by atoms with Crippen LogP contribution in [0.5, 0.6) is 11.5 Å². The Morgan fingerprint density at radius 1 is 1.00 bits per heavy atom. The normalized spacial score (nSPS) is 26.0. The van der Waals surface area contributed by atoms with Gasteiger partial charge in [0, 0.05) is 36.3 Å². The lowest BCUT2D eigenvalue weighted by molar-refractivity contribution is -0.384. The van der Waals surface area contributed by atoms with Gasteiger partial charge < -0.3 is 20.1 Å². The van der Waals surface area contributed by atoms with Gasteiger partial charge in [0.15, 0.2) is 0 Å². The molecular weight excluding hydrogens is 829 g/mol. The van der Waals surface area contributed by atoms with E-state index in [0.717, 1.165) is 60.6 Å². The molecule has 3 aromatic carbocycles. The van der Waals surface area contributed by atoms with Crippen molar-refractivity contribution >= 4 is 43.9 Å². The van der Waals surface area contributed by atoms with Crippen molar-refractivity contribution in [3.8, 4) is 11.5 Å². The lowest BCUT2D eigenvalue weighted by Gasteiger charge is -2.54. The molecule has 64 heavy (non-hydrogen) atoms. The standard InChI is InChI=1S/C50H56N6O7S/c1-49(58)19-14-32(15-20-49)30-52-43-13-11-39(27-45(43)56(59)60)64(61,62)54-48(57)42-12-10-35(26-46(42)63-38-25-36-18-23-51-47(36)53-31-38)33-16-21-50(22-17-33)28-37(29-50)55-24-4-7-44(55)41-6-3-2-5-40(41)34-8-9-34/h2-3,5-6,10-13,16,18,23,25-27,31-32,34,37,44,52,58H,4,7-9,14-15,17,19-22,24,28-30H2,1H3,(H,51,53)(H,54,57)/t32?,37?,44-,49?,50?/m0/s1. The Labute approximate surface area is 373 Å². The lowest BCUT2D eigenvalue weighted by atomic mass is 9.58. The highest BCUT2D eigenvalue weighted by molar-refractivity contribution is 7.90. The number of fused-ring (bicyclic) bond motifs is 1. The van der Waals surface area contributed by atoms with Crippen LogP contribution in [0.4, 0.5) is 11.4 Å². The molecule has 1 amide bonds. The highest BCUT2D eigenvalue weighted by Gasteiger charge is 2.49. The third kappa shape index (κ3) is 8.67. The number of nitrogens with zero attached hydrogens (tertiary/aromatic N) is 3. The number of rotatable bonds is 13. The molecule has 13 nitrogen and oxygen atoms in total. The number of aromatic nitrogens is 2. The predicted molar refractivity (Wildman–Crippen MR) is 246 cm³/mol. The topological polar surface area (TPSA) is 180 Å². The quantitative estimate of drug-likeness (QED) is 0.0657. The minimum Gasteiger partial charge on any atom is -0.455 e. The van der Waals surface area contributed by atoms with Crippen molar-refractivity contribution in [3.63, 3.8) is 0 Å². The van der Waals surface area contributed by atoms with Crippen LogP contribution in [-0.4, -0.2) is 64.0 Å². The van der Waals surface area contributed by atoms with Crippen molar-refractivity contribution in [1.82, 2.24) is 19.6 Å². The van der Waals surface area contributed by atoms with Gasteiger partial charge in [-0.1, -0.05) is 36.4 Å². The van der Waals surface area contributed by atoms with Gasteiger partial charge in [-0.25, -0.2) is 18.1 Å². The average Bonchev–Trinajstić information content (AvgIpc) is 3.82. The predicted octanol–water partition coefficient (Wildman–Crippen LogP) is 10.2. The van der Waals surface area contributed by atoms with E-state index in [2.05, 4.69) is 55.2 Å². The molecule has 3 saturated carbocycles. The Kier molecular flexibility index (Phi) is 11.1. The minimum absolute atomic E-state index is 0.0149. The monoisotopic (exact) mass is 884 g/mol. The van der Waals surface area contributed by atoms with E-state index in [0.29, 0.717) is 42.9 Å². The van der Waals surface area contributed by atoms with Gasteiger partial charge in [0.1, 0.15) is 22.8 Å². The van der Waals surface area contributed by atoms with Crippen molar-refractivity contribution in [2.24, 2.45) is 11.3 Å². The second-order valence-corrected chi connectivity index (χ2v) is 21.1. The van der Waals surface area contributed by atoms with Crippen LogP contribution in [0.25, 0.3) is 16.6 Å². The first kappa shape index (κ1) is 42.4. The summed E-state index contributed by atoms with van der Waals surface area (Å²) in [4.78, 5) is 35.4. The maximum Gasteiger partial charge on any atom is 0.293 e. The molecule has 5 aromatic rings. The van der Waals surface area contributed by atoms with Crippen LogP contribution in [0.15, 0.2) is 96.2 Å². The van der Waals surface area contributed by atoms with Gasteiger partial charge in [-0.15, -0.1) is 0 Å². The summed E-state index contributed by atoms with van der Waals surface area (Å²) in [6, 6.07) is 22.7. The fourth-order valence-electron chi connectivity index (χ4n) is 11.0. The summed E-state index contributed by atoms with van der Waals surface area (Å²) in [5, 5.41) is 26.4. The van der Waals surface area contributed by atoms with Crippen LogP contribution in [0, 0.1) is 21.4 Å². The Balaban J connectivity index is 0.852. The molecule has 0 bridgehead atoms. The van der Waals surface area contributed by atoms with Crippen LogP contribution in [0.2, 0.25) is 0 Å². The number of pyridine rings is 1. The highest BCUT2D eigenvalue weighted by atomic mass is 32.2. The second kappa shape index (κ2) is 16.8. The first-order valence-corrected chi connectivity index (χ1v) is 24.4. The average molecular weight is 885 g/mol. The molecule has 0 unspecified atom stereocenters. The molecule has 2 aromatic heterocycles. The SMILES string of the molecule is CC1(O)CCC(CNc2ccc(S(=O)(=O)NC(=O)c3ccc(C4=CCC5(CC4)CC(N4CCC[C@H]4c4ccccc4C4CC4)C5)cc3Oc3cnc4[nH]ccc4c3)cc2[N+](=O)[O-])CC1. The summed E-state index contributed by atoms with van der Waals surface area (Å²) in [5.74, 6) is 0.545. The highest BCUT2D eigenvalue weighted by Crippen LogP contribution is 2.56. The molecular formula is C50H56N6O7S. The number of hydrogen-bond donors (Lipinski definition) is 4. The van der Waals surface area contributed by atoms with E-state index in [4.69, 9.17) is 4.74 Å². The van der Waals surface area contributed by atoms with Crippen molar-refractivity contribution in [2.75, 3.05) is 18.4 Å². The summed E-state index contributed by atoms with van der Waals surface area (Å²) in [5.41, 5.74) is 5.17. The first-order valence-electron chi connectivity index (χ1n) is 22.9. The van der Waals surface area contributed by atoms with E-state index in [1.54, 1.807) is 41.7 Å². The molecule has 4 aliphatic carbocycles. The smallest absolute Gasteiger partial charge is 0.293 e. The maximum atomic E-state index is 14.0. The van der Waals surface area contributed by atoms with Crippen LogP contribution in [-0.2, 0) is 10.0 Å². The molecule has 3 heterocycles. The number of aliphatic hydroxyl groups is 1. The number of nitro benzene ring substituents is 1. The molecule has 5 aliphatic rings. The first-order chi connectivity index (χ1) is 30.8. The second-order valence-electron chi connectivity index (χ2n) is 19.4. The van der Waals surface area contributed by atoms with Gasteiger partial charge in [-0.3, -0.25) is 19.8 Å². The zero-order chi connectivity index (χ0) is 44.2. The number of H-pyrrole nitrogens is 1. The Bertz CT molecular complexity index is 2750. The van der Waals surface area contributed by atoms with Crippen molar-refractivity contribution in [2.45, 2.75) is 119 Å². The molecule has 334 valence electrons. The van der Waals surface area contributed by atoms with Crippen LogP contribution >= 0.6 is 0 Å². The zero-order valence-corrected chi connectivity index (χ0v) is 37.0. The van der Waals surface area contributed by atoms with E-state index in [1.807, 2.05) is 19.1 Å². The van der Waals surface area contributed by atoms with Crippen molar-refractivity contribution in [1.29, 1.82) is 0 Å². The number of nitrogens with one attached hydrogen (secondary N) is 3. The van der Waals surface area contributed by atoms with Gasteiger partial charge in [-0.05, 0) is 173 Å². The zero-order valence-electron chi connectivity index (χ0n) is 36.2. The molecule has 0 radical (unpaired) electrons. The molecule has 4 fully saturated rings. The molecule has 1 saturated heterocycles. The molecule has 1 aliphatic heterocycles. The summed E-state index contributed by atoms with van der Waals surface area (Å²) in [7, 11) is -4.56. The number of benzene rings is 3. The van der Waals surface area contributed by atoms with E-state index >= 15 is 0 Å². The molecule has 1 atom stereocenters. The number of hydrogen-bond acceptors (Lipinski definition) is 10. The Hall–Kier alpha value is -5.57. The van der Waals surface area contributed by atoms with Crippen molar-refractivity contribution < 1.29 is 28.0 Å². The number of likely N-dealkylation sites (tertiary alicyclic amines) is 1. The van der Waals surface area contributed by atoms with Crippen LogP contribution in [0.3, 0.4) is 0 Å². The number of nitro groups is 1. The van der Waals surface area contributed by atoms with Gasteiger partial charge >= 0.3 is 0 Å². The van der Waals surface area contributed by atoms with Gasteiger partial charge in [0.05, 0.1) is 27.2 Å². The van der Waals surface area contributed by atoms with Crippen LogP contribution < -0.4 is 14.8 Å². The number of sulfonamides is 1. The minimum atomic E-state index is -4.56. The Morgan fingerprint density at radius 2 is 1.80 bits per heavy atom. The van der Waals surface area contributed by atoms with E-state index in [-0.39, 0.29) is 28.3 Å². The van der Waals surface area contributed by atoms with E-state index < -0.39 is 37.0 Å². The fourth-order valence-corrected chi connectivity index (χ4v) is 11.9.